The molecule has 3 rings (SSSR count). The molecule has 1 aliphatic heterocycles. The quantitative estimate of drug-likeness (QED) is 0.900. The Kier molecular flexibility index (Phi) is 4.50. The molecule has 1 saturated heterocycles. The number of nitrogens with one attached hydrogen (secondary N) is 1. The Hall–Kier alpha value is -1.39. The van der Waals surface area contributed by atoms with Crippen molar-refractivity contribution in [1.29, 1.82) is 0 Å². The largest absolute Gasteiger partial charge is 0.327 e. The summed E-state index contributed by atoms with van der Waals surface area (Å²) in [6, 6.07) is 6.44. The van der Waals surface area contributed by atoms with Crippen LogP contribution in [0.3, 0.4) is 0 Å². The molecule has 0 spiro atoms. The van der Waals surface area contributed by atoms with Gasteiger partial charge in [0.25, 0.3) is 0 Å². The maximum absolute atomic E-state index is 12.3. The summed E-state index contributed by atoms with van der Waals surface area (Å²) in [4.78, 5) is 14.6. The van der Waals surface area contributed by atoms with Crippen molar-refractivity contribution in [1.82, 2.24) is 4.90 Å². The average Bonchev–Trinajstić information content (AvgIpc) is 2.86. The van der Waals surface area contributed by atoms with Crippen molar-refractivity contribution >= 4 is 11.6 Å². The van der Waals surface area contributed by atoms with Crippen LogP contribution >= 0.6 is 0 Å². The molecule has 1 aromatic carbocycles. The van der Waals surface area contributed by atoms with Crippen LogP contribution in [0, 0.1) is 25.7 Å². The van der Waals surface area contributed by atoms with Gasteiger partial charge in [0.05, 0.1) is 6.54 Å². The van der Waals surface area contributed by atoms with Gasteiger partial charge in [-0.2, -0.15) is 0 Å². The van der Waals surface area contributed by atoms with Crippen molar-refractivity contribution in [2.24, 2.45) is 17.6 Å². The van der Waals surface area contributed by atoms with Crippen LogP contribution in [0.1, 0.15) is 30.4 Å². The van der Waals surface area contributed by atoms with Crippen molar-refractivity contribution in [2.75, 3.05) is 25.0 Å². The normalized spacial score (nSPS) is 28.4. The molecule has 3 N–H and O–H groups in total. The van der Waals surface area contributed by atoms with Gasteiger partial charge in [-0.25, -0.2) is 0 Å². The summed E-state index contributed by atoms with van der Waals surface area (Å²) in [5, 5.41) is 3.04. The van der Waals surface area contributed by atoms with Crippen molar-refractivity contribution < 1.29 is 4.79 Å². The van der Waals surface area contributed by atoms with Gasteiger partial charge in [-0.15, -0.1) is 0 Å². The maximum atomic E-state index is 12.3. The molecule has 1 aromatic rings. The number of amides is 1. The maximum Gasteiger partial charge on any atom is 0.238 e. The molecule has 120 valence electrons. The van der Waals surface area contributed by atoms with Crippen LogP contribution in [0.5, 0.6) is 0 Å². The molecular weight excluding hydrogens is 274 g/mol. The van der Waals surface area contributed by atoms with Crippen molar-refractivity contribution in [3.05, 3.63) is 29.3 Å². The standard InChI is InChI=1S/C18H27N3O/c1-12-6-7-17(13(2)8-12)20-18(22)11-21-9-14-4-3-5-16(19)15(14)10-21/h6-8,14-16H,3-5,9-11,19H2,1-2H3,(H,20,22). The number of hydrogen-bond acceptors (Lipinski definition) is 3. The van der Waals surface area contributed by atoms with Crippen molar-refractivity contribution in [3.8, 4) is 0 Å². The molecule has 4 heteroatoms. The second kappa shape index (κ2) is 6.39. The van der Waals surface area contributed by atoms with Gasteiger partial charge in [-0.1, -0.05) is 24.1 Å². The van der Waals surface area contributed by atoms with E-state index < -0.39 is 0 Å². The Bertz CT molecular complexity index is 557. The second-order valence-corrected chi connectivity index (χ2v) is 7.08. The van der Waals surface area contributed by atoms with E-state index in [2.05, 4.69) is 23.2 Å². The Labute approximate surface area is 133 Å². The lowest BCUT2D eigenvalue weighted by atomic mass is 9.78. The lowest BCUT2D eigenvalue weighted by Crippen LogP contribution is -2.38. The smallest absolute Gasteiger partial charge is 0.238 e. The Balaban J connectivity index is 1.56. The van der Waals surface area contributed by atoms with E-state index in [0.717, 1.165) is 30.8 Å². The highest BCUT2D eigenvalue weighted by Gasteiger charge is 2.38. The molecule has 3 atom stereocenters. The molecular formula is C18H27N3O. The second-order valence-electron chi connectivity index (χ2n) is 7.08. The first kappa shape index (κ1) is 15.5. The van der Waals surface area contributed by atoms with Gasteiger partial charge in [0.1, 0.15) is 0 Å². The number of fused-ring (bicyclic) bond motifs is 1. The molecule has 1 saturated carbocycles. The van der Waals surface area contributed by atoms with Gasteiger partial charge in [0.15, 0.2) is 0 Å². The monoisotopic (exact) mass is 301 g/mol. The van der Waals surface area contributed by atoms with Gasteiger partial charge >= 0.3 is 0 Å². The molecule has 0 aromatic heterocycles. The minimum Gasteiger partial charge on any atom is -0.327 e. The van der Waals surface area contributed by atoms with Gasteiger partial charge in [0, 0.05) is 24.8 Å². The Morgan fingerprint density at radius 3 is 2.86 bits per heavy atom. The van der Waals surface area contributed by atoms with Crippen molar-refractivity contribution in [3.63, 3.8) is 0 Å². The fraction of sp³-hybridized carbons (Fsp3) is 0.611. The minimum atomic E-state index is 0.0826. The summed E-state index contributed by atoms with van der Waals surface area (Å²) < 4.78 is 0. The fourth-order valence-electron chi connectivity index (χ4n) is 4.08. The third-order valence-corrected chi connectivity index (χ3v) is 5.25. The first-order chi connectivity index (χ1) is 10.5. The molecule has 0 bridgehead atoms. The molecule has 22 heavy (non-hydrogen) atoms. The molecule has 2 fully saturated rings. The number of hydrogen-bond donors (Lipinski definition) is 2. The van der Waals surface area contributed by atoms with E-state index in [1.807, 2.05) is 19.1 Å². The third-order valence-electron chi connectivity index (χ3n) is 5.25. The molecule has 4 nitrogen and oxygen atoms in total. The van der Waals surface area contributed by atoms with Gasteiger partial charge < -0.3 is 11.1 Å². The minimum absolute atomic E-state index is 0.0826. The number of carbonyl (C=O) groups excluding carboxylic acids is 1. The van der Waals surface area contributed by atoms with Crippen LogP contribution in [0.15, 0.2) is 18.2 Å². The average molecular weight is 301 g/mol. The van der Waals surface area contributed by atoms with Crippen LogP contribution in [-0.4, -0.2) is 36.5 Å². The van der Waals surface area contributed by atoms with Crippen molar-refractivity contribution in [2.45, 2.75) is 39.2 Å². The van der Waals surface area contributed by atoms with Crippen LogP contribution in [0.4, 0.5) is 5.69 Å². The predicted molar refractivity (Wildman–Crippen MR) is 89.8 cm³/mol. The lowest BCUT2D eigenvalue weighted by Gasteiger charge is -2.29. The predicted octanol–water partition coefficient (Wildman–Crippen LogP) is 2.30. The fourth-order valence-corrected chi connectivity index (χ4v) is 4.08. The summed E-state index contributed by atoms with van der Waals surface area (Å²) >= 11 is 0. The zero-order chi connectivity index (χ0) is 15.7. The van der Waals surface area contributed by atoms with Crippen LogP contribution in [-0.2, 0) is 4.79 Å². The molecule has 1 amide bonds. The highest BCUT2D eigenvalue weighted by molar-refractivity contribution is 5.93. The van der Waals surface area contributed by atoms with Gasteiger partial charge in [-0.3, -0.25) is 9.69 Å². The lowest BCUT2D eigenvalue weighted by molar-refractivity contribution is -0.117. The Morgan fingerprint density at radius 2 is 2.14 bits per heavy atom. The molecule has 1 heterocycles. The number of carbonyl (C=O) groups is 1. The van der Waals surface area contributed by atoms with Crippen LogP contribution < -0.4 is 11.1 Å². The van der Waals surface area contributed by atoms with E-state index in [1.54, 1.807) is 0 Å². The highest BCUT2D eigenvalue weighted by Crippen LogP contribution is 2.35. The van der Waals surface area contributed by atoms with E-state index in [1.165, 1.54) is 18.4 Å². The first-order valence-electron chi connectivity index (χ1n) is 8.38. The summed E-state index contributed by atoms with van der Waals surface area (Å²) in [6.45, 7) is 6.58. The summed E-state index contributed by atoms with van der Waals surface area (Å²) in [5.41, 5.74) is 9.50. The van der Waals surface area contributed by atoms with Crippen LogP contribution in [0.2, 0.25) is 0 Å². The molecule has 0 radical (unpaired) electrons. The zero-order valence-electron chi connectivity index (χ0n) is 13.6. The number of nitrogens with two attached hydrogens (primary N) is 1. The van der Waals surface area contributed by atoms with E-state index in [4.69, 9.17) is 5.73 Å². The number of rotatable bonds is 3. The summed E-state index contributed by atoms with van der Waals surface area (Å²) in [6.07, 6.45) is 3.66. The molecule has 2 aliphatic rings. The molecule has 3 unspecified atom stereocenters. The third kappa shape index (κ3) is 3.33. The van der Waals surface area contributed by atoms with E-state index >= 15 is 0 Å². The van der Waals surface area contributed by atoms with Gasteiger partial charge in [-0.05, 0) is 50.2 Å². The van der Waals surface area contributed by atoms with E-state index in [9.17, 15) is 4.79 Å². The highest BCUT2D eigenvalue weighted by atomic mass is 16.2. The topological polar surface area (TPSA) is 58.4 Å². The Morgan fingerprint density at radius 1 is 1.32 bits per heavy atom. The SMILES string of the molecule is Cc1ccc(NC(=O)CN2CC3CCCC(N)C3C2)c(C)c1. The first-order valence-corrected chi connectivity index (χ1v) is 8.38. The number of aryl methyl sites for hydroxylation is 2. The number of nitrogens with zero attached hydrogens (tertiary/aromatic N) is 1. The zero-order valence-corrected chi connectivity index (χ0v) is 13.6. The van der Waals surface area contributed by atoms with E-state index in [0.29, 0.717) is 24.4 Å². The van der Waals surface area contributed by atoms with Crippen LogP contribution in [0.25, 0.3) is 0 Å². The number of anilines is 1. The number of benzene rings is 1. The summed E-state index contributed by atoms with van der Waals surface area (Å²) in [5.74, 6) is 1.36. The van der Waals surface area contributed by atoms with Gasteiger partial charge in [0.2, 0.25) is 5.91 Å². The summed E-state index contributed by atoms with van der Waals surface area (Å²) in [7, 11) is 0. The molecule has 1 aliphatic carbocycles. The van der Waals surface area contributed by atoms with E-state index in [-0.39, 0.29) is 5.91 Å². The number of likely N-dealkylation sites (tertiary alicyclic amines) is 1.